The zero-order valence-electron chi connectivity index (χ0n) is 10.2. The van der Waals surface area contributed by atoms with Crippen molar-refractivity contribution < 1.29 is 13.2 Å². The monoisotopic (exact) mass is 284 g/mol. The molecule has 1 aliphatic rings. The van der Waals surface area contributed by atoms with Crippen molar-refractivity contribution in [2.75, 3.05) is 12.0 Å². The zero-order chi connectivity index (χ0) is 13.9. The van der Waals surface area contributed by atoms with Crippen molar-refractivity contribution in [2.45, 2.75) is 23.8 Å². The number of benzene rings is 1. The van der Waals surface area contributed by atoms with Gasteiger partial charge in [0.05, 0.1) is 4.90 Å². The van der Waals surface area contributed by atoms with Crippen LogP contribution in [0.3, 0.4) is 0 Å². The summed E-state index contributed by atoms with van der Waals surface area (Å²) in [7, 11) is -3.56. The summed E-state index contributed by atoms with van der Waals surface area (Å²) in [5.74, 6) is 5.17. The van der Waals surface area contributed by atoms with Crippen LogP contribution in [-0.2, 0) is 14.8 Å². The first-order valence-corrected chi connectivity index (χ1v) is 7.35. The molecule has 1 aliphatic heterocycles. The lowest BCUT2D eigenvalue weighted by molar-refractivity contribution is -0.119. The Morgan fingerprint density at radius 2 is 2.00 bits per heavy atom. The van der Waals surface area contributed by atoms with Gasteiger partial charge in [-0.3, -0.25) is 10.6 Å². The van der Waals surface area contributed by atoms with E-state index >= 15 is 0 Å². The van der Waals surface area contributed by atoms with Gasteiger partial charge in [0.25, 0.3) is 0 Å². The molecule has 0 aliphatic carbocycles. The smallest absolute Gasteiger partial charge is 0.240 e. The van der Waals surface area contributed by atoms with Gasteiger partial charge >= 0.3 is 0 Å². The lowest BCUT2D eigenvalue weighted by atomic mass is 10.2. The summed E-state index contributed by atoms with van der Waals surface area (Å²) in [5, 5.41) is 2.70. The molecule has 1 aromatic carbocycles. The standard InChI is InChI=1S/C11H16N4O3S/c12-15-8-1-4-10(5-2-8)19(17,18)13-7-9-3-6-11(16)14-9/h1-2,4-5,9,13,15H,3,6-7,12H2,(H,14,16). The van der Waals surface area contributed by atoms with Crippen molar-refractivity contribution in [1.82, 2.24) is 10.0 Å². The lowest BCUT2D eigenvalue weighted by Crippen LogP contribution is -2.38. The number of amides is 1. The van der Waals surface area contributed by atoms with Crippen LogP contribution in [0.15, 0.2) is 29.2 Å². The second kappa shape index (κ2) is 5.55. The van der Waals surface area contributed by atoms with Crippen LogP contribution in [0.5, 0.6) is 0 Å². The predicted molar refractivity (Wildman–Crippen MR) is 70.6 cm³/mol. The minimum absolute atomic E-state index is 0.0393. The van der Waals surface area contributed by atoms with Crippen LogP contribution in [-0.4, -0.2) is 26.9 Å². The Morgan fingerprint density at radius 1 is 1.32 bits per heavy atom. The molecule has 2 rings (SSSR count). The van der Waals surface area contributed by atoms with Crippen molar-refractivity contribution in [2.24, 2.45) is 5.84 Å². The first-order valence-electron chi connectivity index (χ1n) is 5.87. The van der Waals surface area contributed by atoms with Gasteiger partial charge in [-0.05, 0) is 30.7 Å². The van der Waals surface area contributed by atoms with E-state index in [9.17, 15) is 13.2 Å². The summed E-state index contributed by atoms with van der Waals surface area (Å²) >= 11 is 0. The first-order chi connectivity index (χ1) is 9.01. The van der Waals surface area contributed by atoms with Gasteiger partial charge in [-0.1, -0.05) is 0 Å². The number of rotatable bonds is 5. The molecule has 0 spiro atoms. The molecular formula is C11H16N4O3S. The summed E-state index contributed by atoms with van der Waals surface area (Å²) in [6.07, 6.45) is 1.10. The highest BCUT2D eigenvalue weighted by molar-refractivity contribution is 7.89. The molecule has 1 atom stereocenters. The van der Waals surface area contributed by atoms with Crippen LogP contribution < -0.4 is 21.3 Å². The second-order valence-electron chi connectivity index (χ2n) is 4.32. The van der Waals surface area contributed by atoms with E-state index in [1.807, 2.05) is 0 Å². The van der Waals surface area contributed by atoms with Gasteiger partial charge in [0.2, 0.25) is 15.9 Å². The highest BCUT2D eigenvalue weighted by Crippen LogP contribution is 2.13. The van der Waals surface area contributed by atoms with Crippen LogP contribution in [0.25, 0.3) is 0 Å². The Morgan fingerprint density at radius 3 is 2.53 bits per heavy atom. The largest absolute Gasteiger partial charge is 0.352 e. The Labute approximate surface area is 111 Å². The molecule has 1 unspecified atom stereocenters. The summed E-state index contributed by atoms with van der Waals surface area (Å²) in [6, 6.07) is 5.94. The molecule has 0 aromatic heterocycles. The van der Waals surface area contributed by atoms with E-state index in [0.29, 0.717) is 18.5 Å². The molecule has 1 amide bonds. The van der Waals surface area contributed by atoms with Gasteiger partial charge in [0.15, 0.2) is 0 Å². The number of nitrogen functional groups attached to an aromatic ring is 1. The van der Waals surface area contributed by atoms with Crippen LogP contribution in [0.2, 0.25) is 0 Å². The van der Waals surface area contributed by atoms with Gasteiger partial charge < -0.3 is 10.7 Å². The summed E-state index contributed by atoms with van der Waals surface area (Å²) in [5.41, 5.74) is 3.05. The topological polar surface area (TPSA) is 113 Å². The van der Waals surface area contributed by atoms with Crippen molar-refractivity contribution in [3.05, 3.63) is 24.3 Å². The van der Waals surface area contributed by atoms with E-state index in [1.165, 1.54) is 12.1 Å². The fraction of sp³-hybridized carbons (Fsp3) is 0.364. The van der Waals surface area contributed by atoms with Crippen molar-refractivity contribution >= 4 is 21.6 Å². The molecular weight excluding hydrogens is 268 g/mol. The number of carbonyl (C=O) groups excluding carboxylic acids is 1. The average Bonchev–Trinajstić information content (AvgIpc) is 2.82. The van der Waals surface area contributed by atoms with E-state index in [0.717, 1.165) is 0 Å². The molecule has 104 valence electrons. The van der Waals surface area contributed by atoms with E-state index in [1.54, 1.807) is 12.1 Å². The van der Waals surface area contributed by atoms with E-state index in [2.05, 4.69) is 15.5 Å². The van der Waals surface area contributed by atoms with Gasteiger partial charge in [-0.15, -0.1) is 0 Å². The lowest BCUT2D eigenvalue weighted by Gasteiger charge is -2.12. The van der Waals surface area contributed by atoms with Crippen LogP contribution >= 0.6 is 0 Å². The molecule has 19 heavy (non-hydrogen) atoms. The summed E-state index contributed by atoms with van der Waals surface area (Å²) < 4.78 is 26.5. The van der Waals surface area contributed by atoms with Gasteiger partial charge in [0.1, 0.15) is 0 Å². The van der Waals surface area contributed by atoms with Gasteiger partial charge in [0, 0.05) is 24.7 Å². The quantitative estimate of drug-likeness (QED) is 0.431. The molecule has 8 heteroatoms. The summed E-state index contributed by atoms with van der Waals surface area (Å²) in [6.45, 7) is 0.199. The second-order valence-corrected chi connectivity index (χ2v) is 6.09. The maximum absolute atomic E-state index is 12.0. The molecule has 5 N–H and O–H groups in total. The SMILES string of the molecule is NNc1ccc(S(=O)(=O)NCC2CCC(=O)N2)cc1. The van der Waals surface area contributed by atoms with Crippen LogP contribution in [0.4, 0.5) is 5.69 Å². The van der Waals surface area contributed by atoms with Crippen LogP contribution in [0, 0.1) is 0 Å². The number of nitrogens with two attached hydrogens (primary N) is 1. The van der Waals surface area contributed by atoms with Gasteiger partial charge in [-0.25, -0.2) is 13.1 Å². The van der Waals surface area contributed by atoms with Crippen molar-refractivity contribution in [3.63, 3.8) is 0 Å². The maximum Gasteiger partial charge on any atom is 0.240 e. The van der Waals surface area contributed by atoms with E-state index < -0.39 is 10.0 Å². The highest BCUT2D eigenvalue weighted by atomic mass is 32.2. The molecule has 0 saturated carbocycles. The summed E-state index contributed by atoms with van der Waals surface area (Å²) in [4.78, 5) is 11.2. The third-order valence-corrected chi connectivity index (χ3v) is 4.38. The predicted octanol–water partition coefficient (Wildman–Crippen LogP) is -0.471. The third kappa shape index (κ3) is 3.43. The Kier molecular flexibility index (Phi) is 4.03. The fourth-order valence-electron chi connectivity index (χ4n) is 1.85. The first kappa shape index (κ1) is 13.8. The van der Waals surface area contributed by atoms with Crippen molar-refractivity contribution in [3.8, 4) is 0 Å². The molecule has 0 bridgehead atoms. The number of carbonyl (C=O) groups is 1. The maximum atomic E-state index is 12.0. The molecule has 1 heterocycles. The number of hydrogen-bond acceptors (Lipinski definition) is 5. The number of sulfonamides is 1. The zero-order valence-corrected chi connectivity index (χ0v) is 11.0. The average molecular weight is 284 g/mol. The number of anilines is 1. The minimum atomic E-state index is -3.56. The third-order valence-electron chi connectivity index (χ3n) is 2.94. The number of nitrogens with one attached hydrogen (secondary N) is 3. The Balaban J connectivity index is 1.99. The molecule has 0 radical (unpaired) electrons. The fourth-order valence-corrected chi connectivity index (χ4v) is 2.94. The van der Waals surface area contributed by atoms with Crippen LogP contribution in [0.1, 0.15) is 12.8 Å². The van der Waals surface area contributed by atoms with Gasteiger partial charge in [-0.2, -0.15) is 0 Å². The molecule has 1 saturated heterocycles. The molecule has 1 aromatic rings. The Bertz CT molecular complexity index is 556. The van der Waals surface area contributed by atoms with E-state index in [-0.39, 0.29) is 23.4 Å². The highest BCUT2D eigenvalue weighted by Gasteiger charge is 2.23. The normalized spacial score (nSPS) is 19.2. The minimum Gasteiger partial charge on any atom is -0.352 e. The Hall–Kier alpha value is -1.64. The number of hydrogen-bond donors (Lipinski definition) is 4. The van der Waals surface area contributed by atoms with Crippen molar-refractivity contribution in [1.29, 1.82) is 0 Å². The number of hydrazine groups is 1. The van der Waals surface area contributed by atoms with E-state index in [4.69, 9.17) is 5.84 Å². The molecule has 1 fully saturated rings. The molecule has 7 nitrogen and oxygen atoms in total.